The summed E-state index contributed by atoms with van der Waals surface area (Å²) in [7, 11) is 7.57. The maximum Gasteiger partial charge on any atom is 0.327 e. The molecular weight excluding hydrogens is 896 g/mol. The van der Waals surface area contributed by atoms with Crippen LogP contribution in [0.2, 0.25) is 0 Å². The molecule has 0 aliphatic heterocycles. The molecule has 0 aromatic heterocycles. The lowest BCUT2D eigenvalue weighted by Gasteiger charge is -2.15. The number of nitrogens with two attached hydrogens (primary N) is 2. The van der Waals surface area contributed by atoms with Gasteiger partial charge in [-0.2, -0.15) is 64.5 Å². The van der Waals surface area contributed by atoms with E-state index in [1.807, 2.05) is 18.8 Å². The van der Waals surface area contributed by atoms with Crippen molar-refractivity contribution in [3.8, 4) is 0 Å². The fourth-order valence-corrected chi connectivity index (χ4v) is 5.74. The summed E-state index contributed by atoms with van der Waals surface area (Å²) in [5, 5.41) is 24.2. The number of ether oxygens (including phenoxy) is 2. The number of halogens is 1. The smallest absolute Gasteiger partial charge is 0.327 e. The minimum Gasteiger partial charge on any atom is -0.480 e. The zero-order valence-corrected chi connectivity index (χ0v) is 39.8. The molecule has 344 valence electrons. The van der Waals surface area contributed by atoms with Crippen molar-refractivity contribution in [1.29, 1.82) is 0 Å². The number of carboxylic acids is 1. The predicted molar refractivity (Wildman–Crippen MR) is 243 cm³/mol. The lowest BCUT2D eigenvalue weighted by molar-refractivity contribution is -0.142. The topological polar surface area (TPSA) is 336 Å². The highest BCUT2D eigenvalue weighted by Gasteiger charge is 2.21. The number of carboxylic acid groups (broad SMARTS) is 1. The van der Waals surface area contributed by atoms with Gasteiger partial charge in [0.25, 0.3) is 5.78 Å². The first-order valence-corrected chi connectivity index (χ1v) is 23.7. The number of thiol groups is 1. The largest absolute Gasteiger partial charge is 0.480 e. The highest BCUT2D eigenvalue weighted by Crippen LogP contribution is 2.01. The lowest BCUT2D eigenvalue weighted by atomic mass is 10.2. The van der Waals surface area contributed by atoms with Gasteiger partial charge in [0.2, 0.25) is 17.7 Å². The summed E-state index contributed by atoms with van der Waals surface area (Å²) in [5.74, 6) is -0.827. The predicted octanol–water partition coefficient (Wildman–Crippen LogP) is -2.81. The van der Waals surface area contributed by atoms with Crippen LogP contribution in [0.25, 0.3) is 5.53 Å². The molecule has 0 aromatic carbocycles. The monoisotopic (exact) mass is 958 g/mol. The number of rotatable bonds is 25. The number of methoxy groups -OCH3 is 2. The van der Waals surface area contributed by atoms with Gasteiger partial charge in [0, 0.05) is 28.8 Å². The minimum absolute atomic E-state index is 0.0644. The zero-order chi connectivity index (χ0) is 46.8. The number of aliphatic carboxylic acids is 1. The molecule has 0 rings (SSSR count). The molecule has 0 aromatic rings. The van der Waals surface area contributed by atoms with Crippen molar-refractivity contribution < 1.29 is 57.7 Å². The second kappa shape index (κ2) is 46.4. The van der Waals surface area contributed by atoms with Gasteiger partial charge in [0.1, 0.15) is 24.2 Å². The summed E-state index contributed by atoms with van der Waals surface area (Å²) in [6.45, 7) is 0.493. The van der Waals surface area contributed by atoms with Crippen LogP contribution in [0.4, 0.5) is 0 Å². The van der Waals surface area contributed by atoms with Crippen molar-refractivity contribution in [2.24, 2.45) is 11.5 Å². The van der Waals surface area contributed by atoms with Crippen LogP contribution >= 0.6 is 71.3 Å². The molecular formula is C32H63ClN10O11S5. The molecule has 0 spiro atoms. The van der Waals surface area contributed by atoms with E-state index in [9.17, 15) is 38.4 Å². The summed E-state index contributed by atoms with van der Waals surface area (Å²) in [4.78, 5) is 90.0. The van der Waals surface area contributed by atoms with Gasteiger partial charge in [-0.3, -0.25) is 33.6 Å². The standard InChI is InChI=1S/C8H15ClN2O2S.C8H14N4O2S.C7H14N2O3S.C5H11NO2S.C4H9NO2S/c1-10-4-8(13)11-6(5-14-2)7(12)3-9;1-10-4-8(14)12-6(5-15-2)7(13)3-11-9;1-8-3-6(10)9-5(4-13-2)7(11)12;1-8-5(7)4(6)3-9-2;1-7-4(6)3(5)2-8/h6,10H,3-5H2,1-2H3,(H,11,13);3,6,10H,4-5H2,1-2H3,(H,12,14);5,8H,3-4H2,1-2H3,(H,9,10)(H,11,12);4H,3,6H2,1-2H3;3,8H,2,5H2,1H3. The van der Waals surface area contributed by atoms with Crippen LogP contribution < -0.4 is 43.4 Å². The Morgan fingerprint density at radius 1 is 0.695 bits per heavy atom. The Bertz CT molecular complexity index is 1260. The summed E-state index contributed by atoms with van der Waals surface area (Å²) < 4.78 is 8.68. The molecule has 0 aliphatic carbocycles. The lowest BCUT2D eigenvalue weighted by Crippen LogP contribution is -2.46. The van der Waals surface area contributed by atoms with Gasteiger partial charge in [-0.05, 0) is 46.2 Å². The van der Waals surface area contributed by atoms with Gasteiger partial charge in [-0.15, -0.1) is 11.6 Å². The van der Waals surface area contributed by atoms with Crippen LogP contribution in [0.1, 0.15) is 0 Å². The van der Waals surface area contributed by atoms with E-state index in [1.165, 1.54) is 61.3 Å². The number of thioether (sulfide) groups is 4. The molecule has 5 atom stereocenters. The van der Waals surface area contributed by atoms with Crippen molar-refractivity contribution in [3.63, 3.8) is 0 Å². The number of ketones is 2. The Morgan fingerprint density at radius 3 is 1.36 bits per heavy atom. The van der Waals surface area contributed by atoms with E-state index in [-0.39, 0.29) is 55.0 Å². The molecule has 0 heterocycles. The highest BCUT2D eigenvalue weighted by molar-refractivity contribution is 7.99. The second-order valence-corrected chi connectivity index (χ2v) is 15.1. The quantitative estimate of drug-likeness (QED) is 0.0110. The summed E-state index contributed by atoms with van der Waals surface area (Å²) in [5.41, 5.74) is 18.7. The van der Waals surface area contributed by atoms with Crippen LogP contribution in [0.5, 0.6) is 0 Å². The maximum absolute atomic E-state index is 11.3. The average molecular weight is 960 g/mol. The Labute approximate surface area is 374 Å². The summed E-state index contributed by atoms with van der Waals surface area (Å²) in [6, 6.07) is -2.95. The van der Waals surface area contributed by atoms with Crippen molar-refractivity contribution in [2.45, 2.75) is 30.2 Å². The van der Waals surface area contributed by atoms with Crippen molar-refractivity contribution in [1.82, 2.24) is 31.9 Å². The number of nitrogens with one attached hydrogen (secondary N) is 6. The van der Waals surface area contributed by atoms with E-state index in [2.05, 4.69) is 58.8 Å². The maximum atomic E-state index is 11.3. The van der Waals surface area contributed by atoms with Crippen LogP contribution in [0.3, 0.4) is 0 Å². The van der Waals surface area contributed by atoms with E-state index in [1.54, 1.807) is 27.4 Å². The Kier molecular flexibility index (Phi) is 51.6. The third kappa shape index (κ3) is 41.9. The van der Waals surface area contributed by atoms with E-state index < -0.39 is 47.9 Å². The third-order valence-electron chi connectivity index (χ3n) is 5.92. The fraction of sp³-hybridized carbons (Fsp3) is 0.719. The van der Waals surface area contributed by atoms with Crippen molar-refractivity contribution in [2.75, 3.05) is 115 Å². The number of hydrogen-bond acceptors (Lipinski definition) is 20. The molecule has 27 heteroatoms. The number of likely N-dealkylation sites (N-methyl/N-ethyl adjacent to an activating group) is 3. The molecule has 11 N–H and O–H groups in total. The molecule has 0 aliphatic rings. The average Bonchev–Trinajstić information content (AvgIpc) is 3.20. The number of carbonyl (C=O) groups excluding carboxylic acids is 7. The van der Waals surface area contributed by atoms with Crippen molar-refractivity contribution >= 4 is 125 Å². The van der Waals surface area contributed by atoms with Crippen LogP contribution in [-0.4, -0.2) is 208 Å². The normalized spacial score (nSPS) is 12.2. The third-order valence-corrected chi connectivity index (χ3v) is 9.26. The molecule has 59 heavy (non-hydrogen) atoms. The number of esters is 2. The highest BCUT2D eigenvalue weighted by atomic mass is 35.5. The fourth-order valence-electron chi connectivity index (χ4n) is 3.17. The molecule has 0 saturated heterocycles. The molecule has 0 bridgehead atoms. The van der Waals surface area contributed by atoms with E-state index in [0.29, 0.717) is 28.8 Å². The first-order chi connectivity index (χ1) is 27.9. The van der Waals surface area contributed by atoms with Gasteiger partial charge < -0.3 is 63.5 Å². The molecule has 3 amide bonds. The van der Waals surface area contributed by atoms with Gasteiger partial charge in [0.15, 0.2) is 5.78 Å². The summed E-state index contributed by atoms with van der Waals surface area (Å²) in [6.07, 6.45) is 8.17. The Hall–Kier alpha value is -2.62. The first-order valence-electron chi connectivity index (χ1n) is 16.9. The van der Waals surface area contributed by atoms with Crippen LogP contribution in [-0.2, 0) is 47.8 Å². The second-order valence-electron chi connectivity index (χ2n) is 10.8. The van der Waals surface area contributed by atoms with Gasteiger partial charge >= 0.3 is 24.1 Å². The number of nitrogens with zero attached hydrogens (tertiary/aromatic N) is 2. The molecule has 0 fully saturated rings. The number of hydrogen-bond donors (Lipinski definition) is 10. The minimum atomic E-state index is -1.00. The van der Waals surface area contributed by atoms with Crippen molar-refractivity contribution in [3.05, 3.63) is 5.53 Å². The van der Waals surface area contributed by atoms with E-state index in [0.717, 1.165) is 6.21 Å². The Morgan fingerprint density at radius 2 is 1.05 bits per heavy atom. The number of carbonyl (C=O) groups is 8. The number of Topliss-reactive ketones (excluding diaryl/α,β-unsaturated/α-hetero) is 2. The Balaban J connectivity index is -0.000000210. The molecule has 0 radical (unpaired) electrons. The van der Waals surface area contributed by atoms with E-state index in [4.69, 9.17) is 33.7 Å². The van der Waals surface area contributed by atoms with Gasteiger partial charge in [-0.1, -0.05) is 0 Å². The molecule has 0 saturated carbocycles. The SMILES string of the molecule is CNCC(=O)NC(CSC)C(=O)C=[N+]=[N-].CNCC(=O)NC(CSC)C(=O)CCl.CNCC(=O)NC(CSC)C(=O)O.COC(=O)C(N)CS.COC(=O)C(N)CSC. The number of alkyl halides is 1. The summed E-state index contributed by atoms with van der Waals surface area (Å²) >= 11 is 15.0. The first kappa shape index (κ1) is 65.5. The van der Waals surface area contributed by atoms with Gasteiger partial charge in [0.05, 0.1) is 45.8 Å². The van der Waals surface area contributed by atoms with Gasteiger partial charge in [-0.25, -0.2) is 4.79 Å². The number of amides is 3. The zero-order valence-electron chi connectivity index (χ0n) is 34.9. The molecule has 21 nitrogen and oxygen atoms in total. The van der Waals surface area contributed by atoms with Crippen LogP contribution in [0.15, 0.2) is 0 Å². The molecule has 5 unspecified atom stereocenters. The van der Waals surface area contributed by atoms with E-state index >= 15 is 0 Å². The van der Waals surface area contributed by atoms with Crippen LogP contribution in [0, 0.1) is 0 Å².